The maximum atomic E-state index is 11.9. The van der Waals surface area contributed by atoms with Crippen molar-refractivity contribution in [1.82, 2.24) is 10.2 Å². The van der Waals surface area contributed by atoms with E-state index in [4.69, 9.17) is 5.73 Å². The van der Waals surface area contributed by atoms with Crippen molar-refractivity contribution in [2.24, 2.45) is 11.1 Å². The zero-order chi connectivity index (χ0) is 12.3. The van der Waals surface area contributed by atoms with Gasteiger partial charge in [0.2, 0.25) is 5.91 Å². The third kappa shape index (κ3) is 3.19. The maximum Gasteiger partial charge on any atom is 0.227 e. The summed E-state index contributed by atoms with van der Waals surface area (Å²) in [7, 11) is 2.13. The zero-order valence-electron chi connectivity index (χ0n) is 10.9. The number of piperidine rings is 1. The van der Waals surface area contributed by atoms with Crippen LogP contribution in [0.2, 0.25) is 0 Å². The van der Waals surface area contributed by atoms with Crippen LogP contribution < -0.4 is 11.1 Å². The van der Waals surface area contributed by atoms with E-state index < -0.39 is 5.41 Å². The van der Waals surface area contributed by atoms with Gasteiger partial charge in [0.1, 0.15) is 0 Å². The number of likely N-dealkylation sites (tertiary alicyclic amines) is 1. The largest absolute Gasteiger partial charge is 0.353 e. The van der Waals surface area contributed by atoms with E-state index >= 15 is 0 Å². The average Bonchev–Trinajstić information content (AvgIpc) is 2.23. The first kappa shape index (κ1) is 13.5. The minimum atomic E-state index is -0.452. The van der Waals surface area contributed by atoms with E-state index in [1.807, 2.05) is 13.8 Å². The molecule has 0 aromatic carbocycles. The van der Waals surface area contributed by atoms with Crippen LogP contribution in [-0.4, -0.2) is 43.0 Å². The Balaban J connectivity index is 2.47. The molecule has 1 aliphatic rings. The van der Waals surface area contributed by atoms with Gasteiger partial charge in [-0.3, -0.25) is 4.79 Å². The quantitative estimate of drug-likeness (QED) is 0.741. The fourth-order valence-electron chi connectivity index (χ4n) is 1.89. The van der Waals surface area contributed by atoms with Crippen molar-refractivity contribution in [2.45, 2.75) is 45.7 Å². The zero-order valence-corrected chi connectivity index (χ0v) is 10.9. The van der Waals surface area contributed by atoms with Crippen molar-refractivity contribution >= 4 is 5.91 Å². The van der Waals surface area contributed by atoms with Crippen LogP contribution in [0.1, 0.15) is 33.6 Å². The summed E-state index contributed by atoms with van der Waals surface area (Å²) in [4.78, 5) is 14.3. The van der Waals surface area contributed by atoms with Crippen LogP contribution in [0.5, 0.6) is 0 Å². The van der Waals surface area contributed by atoms with Crippen molar-refractivity contribution in [3.05, 3.63) is 0 Å². The molecule has 0 radical (unpaired) electrons. The molecule has 94 valence electrons. The summed E-state index contributed by atoms with van der Waals surface area (Å²) in [6.07, 6.45) is 2.07. The average molecular weight is 227 g/mol. The second-order valence-electron chi connectivity index (χ2n) is 5.61. The molecule has 3 N–H and O–H groups in total. The normalized spacial score (nSPS) is 27.8. The van der Waals surface area contributed by atoms with Crippen molar-refractivity contribution in [2.75, 3.05) is 20.1 Å². The Morgan fingerprint density at radius 2 is 2.19 bits per heavy atom. The van der Waals surface area contributed by atoms with Crippen LogP contribution in [0.25, 0.3) is 0 Å². The van der Waals surface area contributed by atoms with Gasteiger partial charge in [0.05, 0.1) is 5.41 Å². The number of carbonyl (C=O) groups excluding carboxylic acids is 1. The standard InChI is InChI=1S/C12H25N3O/c1-9-7-10(5-6-15(9)4)14-11(16)12(2,3)8-13/h9-10H,5-8,13H2,1-4H3,(H,14,16). The summed E-state index contributed by atoms with van der Waals surface area (Å²) in [5.74, 6) is 0.0803. The molecule has 0 aliphatic carbocycles. The van der Waals surface area contributed by atoms with Crippen LogP contribution in [0.4, 0.5) is 0 Å². The van der Waals surface area contributed by atoms with E-state index in [0.29, 0.717) is 18.6 Å². The monoisotopic (exact) mass is 227 g/mol. The Kier molecular flexibility index (Phi) is 4.33. The number of hydrogen-bond donors (Lipinski definition) is 2. The maximum absolute atomic E-state index is 11.9. The Hall–Kier alpha value is -0.610. The van der Waals surface area contributed by atoms with Gasteiger partial charge in [-0.2, -0.15) is 0 Å². The molecule has 2 unspecified atom stereocenters. The summed E-state index contributed by atoms with van der Waals surface area (Å²) in [6, 6.07) is 0.851. The summed E-state index contributed by atoms with van der Waals surface area (Å²) in [5, 5.41) is 3.12. The molecule has 4 heteroatoms. The molecule has 0 aromatic rings. The van der Waals surface area contributed by atoms with Crippen LogP contribution in [0, 0.1) is 5.41 Å². The molecular weight excluding hydrogens is 202 g/mol. The van der Waals surface area contributed by atoms with E-state index in [-0.39, 0.29) is 5.91 Å². The summed E-state index contributed by atoms with van der Waals surface area (Å²) in [6.45, 7) is 7.42. The van der Waals surface area contributed by atoms with Crippen LogP contribution in [0.15, 0.2) is 0 Å². The van der Waals surface area contributed by atoms with E-state index in [2.05, 4.69) is 24.2 Å². The number of nitrogens with zero attached hydrogens (tertiary/aromatic N) is 1. The molecule has 0 saturated carbocycles. The lowest BCUT2D eigenvalue weighted by Gasteiger charge is -2.36. The van der Waals surface area contributed by atoms with Crippen LogP contribution in [0.3, 0.4) is 0 Å². The number of carbonyl (C=O) groups is 1. The van der Waals surface area contributed by atoms with Crippen molar-refractivity contribution in [3.8, 4) is 0 Å². The molecule has 16 heavy (non-hydrogen) atoms. The Bertz CT molecular complexity index is 253. The molecule has 1 rings (SSSR count). The van der Waals surface area contributed by atoms with E-state index in [9.17, 15) is 4.79 Å². The first-order chi connectivity index (χ1) is 7.36. The summed E-state index contributed by atoms with van der Waals surface area (Å²) < 4.78 is 0. The Morgan fingerprint density at radius 1 is 1.56 bits per heavy atom. The molecule has 1 saturated heterocycles. The molecule has 1 heterocycles. The molecular formula is C12H25N3O. The molecule has 1 amide bonds. The predicted octanol–water partition coefficient (Wildman–Crippen LogP) is 0.570. The molecule has 4 nitrogen and oxygen atoms in total. The van der Waals surface area contributed by atoms with Crippen LogP contribution >= 0.6 is 0 Å². The highest BCUT2D eigenvalue weighted by atomic mass is 16.2. The number of amides is 1. The van der Waals surface area contributed by atoms with E-state index in [1.54, 1.807) is 0 Å². The highest BCUT2D eigenvalue weighted by Crippen LogP contribution is 2.18. The minimum Gasteiger partial charge on any atom is -0.353 e. The first-order valence-electron chi connectivity index (χ1n) is 6.08. The van der Waals surface area contributed by atoms with Gasteiger partial charge in [-0.05, 0) is 40.7 Å². The number of hydrogen-bond acceptors (Lipinski definition) is 3. The second kappa shape index (κ2) is 5.15. The van der Waals surface area contributed by atoms with Gasteiger partial charge in [0.15, 0.2) is 0 Å². The highest BCUT2D eigenvalue weighted by molar-refractivity contribution is 5.82. The fourth-order valence-corrected chi connectivity index (χ4v) is 1.89. The number of rotatable bonds is 3. The van der Waals surface area contributed by atoms with E-state index in [1.165, 1.54) is 0 Å². The third-order valence-corrected chi connectivity index (χ3v) is 3.67. The lowest BCUT2D eigenvalue weighted by atomic mass is 9.91. The number of nitrogens with two attached hydrogens (primary N) is 1. The smallest absolute Gasteiger partial charge is 0.227 e. The molecule has 0 aromatic heterocycles. The molecule has 0 spiro atoms. The van der Waals surface area contributed by atoms with Crippen molar-refractivity contribution in [3.63, 3.8) is 0 Å². The Labute approximate surface area is 98.6 Å². The summed E-state index contributed by atoms with van der Waals surface area (Å²) in [5.41, 5.74) is 5.14. The van der Waals surface area contributed by atoms with Crippen molar-refractivity contribution < 1.29 is 4.79 Å². The Morgan fingerprint density at radius 3 is 2.69 bits per heavy atom. The van der Waals surface area contributed by atoms with Gasteiger partial charge >= 0.3 is 0 Å². The van der Waals surface area contributed by atoms with Crippen LogP contribution in [-0.2, 0) is 4.79 Å². The van der Waals surface area contributed by atoms with Gasteiger partial charge in [-0.15, -0.1) is 0 Å². The lowest BCUT2D eigenvalue weighted by molar-refractivity contribution is -0.130. The number of nitrogens with one attached hydrogen (secondary N) is 1. The second-order valence-corrected chi connectivity index (χ2v) is 5.61. The minimum absolute atomic E-state index is 0.0803. The van der Waals surface area contributed by atoms with Gasteiger partial charge < -0.3 is 16.0 Å². The predicted molar refractivity (Wildman–Crippen MR) is 66.1 cm³/mol. The van der Waals surface area contributed by atoms with Gasteiger partial charge in [-0.1, -0.05) is 0 Å². The highest BCUT2D eigenvalue weighted by Gasteiger charge is 2.30. The van der Waals surface area contributed by atoms with Gasteiger partial charge in [-0.25, -0.2) is 0 Å². The SMILES string of the molecule is CC1CC(NC(=O)C(C)(C)CN)CCN1C. The lowest BCUT2D eigenvalue weighted by Crippen LogP contribution is -2.51. The fraction of sp³-hybridized carbons (Fsp3) is 0.917. The van der Waals surface area contributed by atoms with Gasteiger partial charge in [0.25, 0.3) is 0 Å². The molecule has 0 bridgehead atoms. The molecule has 2 atom stereocenters. The third-order valence-electron chi connectivity index (χ3n) is 3.67. The van der Waals surface area contributed by atoms with Gasteiger partial charge in [0, 0.05) is 25.2 Å². The topological polar surface area (TPSA) is 58.4 Å². The van der Waals surface area contributed by atoms with Crippen molar-refractivity contribution in [1.29, 1.82) is 0 Å². The molecule has 1 aliphatic heterocycles. The van der Waals surface area contributed by atoms with E-state index in [0.717, 1.165) is 19.4 Å². The summed E-state index contributed by atoms with van der Waals surface area (Å²) >= 11 is 0. The molecule has 1 fully saturated rings. The first-order valence-corrected chi connectivity index (χ1v) is 6.08.